The summed E-state index contributed by atoms with van der Waals surface area (Å²) in [5.41, 5.74) is 10.5. The van der Waals surface area contributed by atoms with Gasteiger partial charge in [0, 0.05) is 30.5 Å². The summed E-state index contributed by atoms with van der Waals surface area (Å²) in [7, 11) is 0. The highest BCUT2D eigenvalue weighted by Gasteiger charge is 2.43. The average Bonchev–Trinajstić information content (AvgIpc) is 3.30. The van der Waals surface area contributed by atoms with Crippen molar-refractivity contribution in [2.24, 2.45) is 17.6 Å². The second kappa shape index (κ2) is 7.69. The van der Waals surface area contributed by atoms with E-state index in [2.05, 4.69) is 55.7 Å². The Bertz CT molecular complexity index is 816. The molecular weight excluding hydrogens is 358 g/mol. The molecule has 1 aliphatic carbocycles. The van der Waals surface area contributed by atoms with Gasteiger partial charge in [-0.2, -0.15) is 0 Å². The maximum Gasteiger partial charge on any atom is 0.255 e. The van der Waals surface area contributed by atoms with E-state index in [-0.39, 0.29) is 30.4 Å². The molecule has 2 fully saturated rings. The fourth-order valence-electron chi connectivity index (χ4n) is 5.11. The van der Waals surface area contributed by atoms with Gasteiger partial charge in [0.05, 0.1) is 11.6 Å². The molecule has 2 aliphatic rings. The van der Waals surface area contributed by atoms with E-state index in [1.807, 2.05) is 11.0 Å². The molecule has 4 rings (SSSR count). The topological polar surface area (TPSA) is 51.3 Å². The first-order chi connectivity index (χ1) is 12.5. The summed E-state index contributed by atoms with van der Waals surface area (Å²) in [4.78, 5) is 15.2. The van der Waals surface area contributed by atoms with Crippen molar-refractivity contribution in [3.05, 3.63) is 58.9 Å². The Morgan fingerprint density at radius 3 is 2.52 bits per heavy atom. The van der Waals surface area contributed by atoms with Gasteiger partial charge in [0.25, 0.3) is 5.91 Å². The number of hydrogen-bond donors (Lipinski definition) is 1. The largest absolute Gasteiger partial charge is 0.341 e. The number of carbonyl (C=O) groups excluding carboxylic acids is 1. The lowest BCUT2D eigenvalue weighted by atomic mass is 9.98. The fraction of sp³-hybridized carbons (Fsp3) is 0.500. The fourth-order valence-corrected chi connectivity index (χ4v) is 5.11. The Labute approximate surface area is 168 Å². The van der Waals surface area contributed by atoms with Gasteiger partial charge in [0.15, 0.2) is 0 Å². The zero-order chi connectivity index (χ0) is 18.4. The maximum absolute atomic E-state index is 13.2. The lowest BCUT2D eigenvalue weighted by molar-refractivity contribution is 0.0778. The van der Waals surface area contributed by atoms with Gasteiger partial charge < -0.3 is 15.2 Å². The normalized spacial score (nSPS) is 25.2. The van der Waals surface area contributed by atoms with E-state index in [1.54, 1.807) is 0 Å². The number of fused-ring (bicyclic) bond motifs is 1. The number of hydrogen-bond acceptors (Lipinski definition) is 2. The van der Waals surface area contributed by atoms with Crippen LogP contribution in [0.2, 0.25) is 0 Å². The molecule has 2 N–H and O–H groups in total. The van der Waals surface area contributed by atoms with Crippen molar-refractivity contribution in [1.82, 2.24) is 9.47 Å². The SMILES string of the molecule is Cc1cc(C(=O)N2CC3CCC(N)C3C2)c(C)n1C(C)c1ccccc1.Cl. The minimum Gasteiger partial charge on any atom is -0.341 e. The van der Waals surface area contributed by atoms with Crippen LogP contribution in [0.4, 0.5) is 0 Å². The van der Waals surface area contributed by atoms with Crippen LogP contribution < -0.4 is 5.73 Å². The second-order valence-electron chi connectivity index (χ2n) is 8.12. The zero-order valence-electron chi connectivity index (χ0n) is 16.4. The lowest BCUT2D eigenvalue weighted by Gasteiger charge is -2.21. The van der Waals surface area contributed by atoms with Crippen molar-refractivity contribution in [3.8, 4) is 0 Å². The van der Waals surface area contributed by atoms with Crippen molar-refractivity contribution in [3.63, 3.8) is 0 Å². The molecule has 2 heterocycles. The van der Waals surface area contributed by atoms with E-state index in [0.29, 0.717) is 11.8 Å². The van der Waals surface area contributed by atoms with Crippen LogP contribution in [0.25, 0.3) is 0 Å². The molecule has 0 spiro atoms. The third-order valence-corrected chi connectivity index (χ3v) is 6.58. The van der Waals surface area contributed by atoms with Gasteiger partial charge in [-0.1, -0.05) is 30.3 Å². The molecule has 0 bridgehead atoms. The monoisotopic (exact) mass is 387 g/mol. The van der Waals surface area contributed by atoms with Crippen LogP contribution in [0.15, 0.2) is 36.4 Å². The van der Waals surface area contributed by atoms with Gasteiger partial charge >= 0.3 is 0 Å². The molecule has 0 radical (unpaired) electrons. The molecule has 1 aromatic heterocycles. The molecule has 4 nitrogen and oxygen atoms in total. The third-order valence-electron chi connectivity index (χ3n) is 6.58. The highest BCUT2D eigenvalue weighted by molar-refractivity contribution is 5.96. The van der Waals surface area contributed by atoms with E-state index in [4.69, 9.17) is 5.73 Å². The number of likely N-dealkylation sites (tertiary alicyclic amines) is 1. The summed E-state index contributed by atoms with van der Waals surface area (Å²) in [6.45, 7) is 8.06. The predicted octanol–water partition coefficient (Wildman–Crippen LogP) is 3.95. The van der Waals surface area contributed by atoms with E-state index in [1.165, 1.54) is 12.0 Å². The third kappa shape index (κ3) is 3.41. The Kier molecular flexibility index (Phi) is 5.68. The number of nitrogens with zero attached hydrogens (tertiary/aromatic N) is 2. The molecule has 1 amide bonds. The van der Waals surface area contributed by atoms with Gasteiger partial charge in [-0.15, -0.1) is 12.4 Å². The minimum atomic E-state index is 0. The summed E-state index contributed by atoms with van der Waals surface area (Å²) < 4.78 is 2.28. The molecule has 2 aromatic rings. The van der Waals surface area contributed by atoms with Crippen molar-refractivity contribution >= 4 is 18.3 Å². The number of benzene rings is 1. The molecule has 1 saturated carbocycles. The van der Waals surface area contributed by atoms with Crippen LogP contribution in [-0.2, 0) is 0 Å². The predicted molar refractivity (Wildman–Crippen MR) is 112 cm³/mol. The highest BCUT2D eigenvalue weighted by Crippen LogP contribution is 2.38. The molecule has 4 atom stereocenters. The number of aryl methyl sites for hydroxylation is 1. The number of rotatable bonds is 3. The zero-order valence-corrected chi connectivity index (χ0v) is 17.2. The Morgan fingerprint density at radius 1 is 1.15 bits per heavy atom. The molecule has 4 unspecified atom stereocenters. The van der Waals surface area contributed by atoms with Gasteiger partial charge in [-0.3, -0.25) is 4.79 Å². The van der Waals surface area contributed by atoms with E-state index >= 15 is 0 Å². The van der Waals surface area contributed by atoms with Crippen molar-refractivity contribution in [1.29, 1.82) is 0 Å². The summed E-state index contributed by atoms with van der Waals surface area (Å²) >= 11 is 0. The van der Waals surface area contributed by atoms with Crippen LogP contribution in [-0.4, -0.2) is 34.5 Å². The van der Waals surface area contributed by atoms with Crippen molar-refractivity contribution in [2.45, 2.75) is 45.7 Å². The van der Waals surface area contributed by atoms with Crippen LogP contribution in [0.5, 0.6) is 0 Å². The molecule has 1 aromatic carbocycles. The summed E-state index contributed by atoms with van der Waals surface area (Å²) in [5.74, 6) is 1.26. The van der Waals surface area contributed by atoms with E-state index < -0.39 is 0 Å². The number of aromatic nitrogens is 1. The first-order valence-corrected chi connectivity index (χ1v) is 9.75. The van der Waals surface area contributed by atoms with Crippen LogP contribution >= 0.6 is 12.4 Å². The van der Waals surface area contributed by atoms with E-state index in [0.717, 1.165) is 36.5 Å². The Balaban J connectivity index is 0.00000210. The molecule has 5 heteroatoms. The minimum absolute atomic E-state index is 0. The molecule has 27 heavy (non-hydrogen) atoms. The smallest absolute Gasteiger partial charge is 0.255 e. The van der Waals surface area contributed by atoms with Crippen LogP contribution in [0.3, 0.4) is 0 Å². The summed E-state index contributed by atoms with van der Waals surface area (Å²) in [6.07, 6.45) is 2.28. The average molecular weight is 388 g/mol. The molecule has 146 valence electrons. The van der Waals surface area contributed by atoms with Gasteiger partial charge in [-0.25, -0.2) is 0 Å². The Morgan fingerprint density at radius 2 is 1.85 bits per heavy atom. The van der Waals surface area contributed by atoms with Crippen LogP contribution in [0, 0.1) is 25.7 Å². The Hall–Kier alpha value is -1.78. The quantitative estimate of drug-likeness (QED) is 0.866. The lowest BCUT2D eigenvalue weighted by Crippen LogP contribution is -2.33. The second-order valence-corrected chi connectivity index (χ2v) is 8.12. The first kappa shape index (κ1) is 20.0. The number of amides is 1. The molecule has 1 saturated heterocycles. The van der Waals surface area contributed by atoms with Crippen LogP contribution in [0.1, 0.15) is 53.1 Å². The van der Waals surface area contributed by atoms with Gasteiger partial charge in [0.1, 0.15) is 0 Å². The molecule has 1 aliphatic heterocycles. The van der Waals surface area contributed by atoms with Gasteiger partial charge in [-0.05, 0) is 57.1 Å². The summed E-state index contributed by atoms with van der Waals surface area (Å²) in [5, 5.41) is 0. The maximum atomic E-state index is 13.2. The number of nitrogens with two attached hydrogens (primary N) is 1. The van der Waals surface area contributed by atoms with Crippen molar-refractivity contribution in [2.75, 3.05) is 13.1 Å². The van der Waals surface area contributed by atoms with E-state index in [9.17, 15) is 4.79 Å². The summed E-state index contributed by atoms with van der Waals surface area (Å²) in [6, 6.07) is 13.0. The number of carbonyl (C=O) groups is 1. The van der Waals surface area contributed by atoms with Crippen molar-refractivity contribution < 1.29 is 4.79 Å². The number of halogens is 1. The first-order valence-electron chi connectivity index (χ1n) is 9.75. The highest BCUT2D eigenvalue weighted by atomic mass is 35.5. The standard InChI is InChI=1S/C22H29N3O.ClH/c1-14-11-19(16(3)25(14)15(2)17-7-5-4-6-8-17)22(26)24-12-18-9-10-21(23)20(18)13-24;/h4-8,11,15,18,20-21H,9-10,12-13,23H2,1-3H3;1H. The molecular formula is C22H30ClN3O. The van der Waals surface area contributed by atoms with Gasteiger partial charge in [0.2, 0.25) is 0 Å².